The number of rotatable bonds is 5. The number of hydrogen-bond donors (Lipinski definition) is 0. The summed E-state index contributed by atoms with van der Waals surface area (Å²) in [4.78, 5) is 31.6. The van der Waals surface area contributed by atoms with E-state index in [1.165, 1.54) is 22.6 Å². The lowest BCUT2D eigenvalue weighted by Crippen LogP contribution is -2.49. The topological polar surface area (TPSA) is 52.6 Å². The summed E-state index contributed by atoms with van der Waals surface area (Å²) < 4.78 is 39.4. The molecule has 1 fully saturated rings. The van der Waals surface area contributed by atoms with E-state index < -0.39 is 11.7 Å². The number of anilines is 1. The van der Waals surface area contributed by atoms with Gasteiger partial charge < -0.3 is 9.80 Å². The maximum atomic E-state index is 13.1. The molecular formula is C26H30F3N5OS. The van der Waals surface area contributed by atoms with Gasteiger partial charge in [-0.2, -0.15) is 13.2 Å². The van der Waals surface area contributed by atoms with E-state index in [9.17, 15) is 18.0 Å². The van der Waals surface area contributed by atoms with Gasteiger partial charge in [0.25, 0.3) is 5.91 Å². The number of aromatic nitrogens is 2. The van der Waals surface area contributed by atoms with Crippen LogP contribution in [0.1, 0.15) is 52.5 Å². The fraction of sp³-hybridized carbons (Fsp3) is 0.500. The van der Waals surface area contributed by atoms with Crippen LogP contribution < -0.4 is 4.90 Å². The molecule has 10 heteroatoms. The Morgan fingerprint density at radius 3 is 2.56 bits per heavy atom. The number of hydrogen-bond acceptors (Lipinski definition) is 6. The molecule has 4 heterocycles. The predicted molar refractivity (Wildman–Crippen MR) is 136 cm³/mol. The van der Waals surface area contributed by atoms with Crippen LogP contribution in [0.4, 0.5) is 19.0 Å². The Balaban J connectivity index is 1.39. The zero-order valence-corrected chi connectivity index (χ0v) is 21.4. The van der Waals surface area contributed by atoms with Gasteiger partial charge in [0.1, 0.15) is 16.5 Å². The SMILES string of the molecule is CCCc1nc(N2CCN(C(=O)c3cccc(C(F)(F)F)c3)CC2)c2c3c(sc2n1)CN(CC)CC3. The molecule has 1 saturated heterocycles. The molecule has 0 radical (unpaired) electrons. The number of benzene rings is 1. The minimum absolute atomic E-state index is 0.0697. The maximum absolute atomic E-state index is 13.1. The van der Waals surface area contributed by atoms with Crippen LogP contribution in [0.25, 0.3) is 10.2 Å². The van der Waals surface area contributed by atoms with E-state index in [0.29, 0.717) is 26.2 Å². The van der Waals surface area contributed by atoms with Gasteiger partial charge >= 0.3 is 6.18 Å². The molecule has 5 rings (SSSR count). The highest BCUT2D eigenvalue weighted by atomic mass is 32.1. The average Bonchev–Trinajstić information content (AvgIpc) is 3.25. The van der Waals surface area contributed by atoms with Gasteiger partial charge in [0, 0.05) is 56.1 Å². The van der Waals surface area contributed by atoms with Crippen LogP contribution in [0.15, 0.2) is 24.3 Å². The van der Waals surface area contributed by atoms with E-state index in [1.807, 2.05) is 0 Å². The molecule has 3 aromatic rings. The first-order valence-electron chi connectivity index (χ1n) is 12.5. The van der Waals surface area contributed by atoms with Crippen molar-refractivity contribution in [1.82, 2.24) is 19.8 Å². The number of piperazine rings is 1. The number of aryl methyl sites for hydroxylation is 1. The summed E-state index contributed by atoms with van der Waals surface area (Å²) in [6.45, 7) is 9.29. The van der Waals surface area contributed by atoms with Crippen LogP contribution >= 0.6 is 11.3 Å². The van der Waals surface area contributed by atoms with E-state index in [1.54, 1.807) is 16.2 Å². The Morgan fingerprint density at radius 2 is 1.86 bits per heavy atom. The number of alkyl halides is 3. The molecule has 0 saturated carbocycles. The van der Waals surface area contributed by atoms with E-state index in [4.69, 9.17) is 9.97 Å². The van der Waals surface area contributed by atoms with Crippen LogP contribution in [0.5, 0.6) is 0 Å². The number of fused-ring (bicyclic) bond motifs is 3. The Morgan fingerprint density at radius 1 is 1.08 bits per heavy atom. The number of likely N-dealkylation sites (N-methyl/N-ethyl adjacent to an activating group) is 1. The van der Waals surface area contributed by atoms with Crippen LogP contribution in [0.3, 0.4) is 0 Å². The molecule has 1 aromatic carbocycles. The summed E-state index contributed by atoms with van der Waals surface area (Å²) in [6, 6.07) is 4.67. The molecule has 6 nitrogen and oxygen atoms in total. The van der Waals surface area contributed by atoms with E-state index in [-0.39, 0.29) is 11.5 Å². The number of amides is 1. The smallest absolute Gasteiger partial charge is 0.352 e. The number of thiophene rings is 1. The summed E-state index contributed by atoms with van der Waals surface area (Å²) >= 11 is 1.77. The number of carbonyl (C=O) groups excluding carboxylic acids is 1. The second kappa shape index (κ2) is 9.97. The molecule has 2 aliphatic heterocycles. The molecular weight excluding hydrogens is 487 g/mol. The lowest BCUT2D eigenvalue weighted by atomic mass is 10.0. The standard InChI is InChI=1S/C26H30F3N5OS/c1-3-6-21-30-23(22-19-9-10-32(4-2)16-20(19)36-24(22)31-21)33-11-13-34(14-12-33)25(35)17-7-5-8-18(15-17)26(27,28)29/h5,7-8,15H,3-4,6,9-14,16H2,1-2H3. The molecule has 0 bridgehead atoms. The van der Waals surface area contributed by atoms with Crippen LogP contribution in [0, 0.1) is 0 Å². The van der Waals surface area contributed by atoms with Crippen molar-refractivity contribution in [3.05, 3.63) is 51.7 Å². The van der Waals surface area contributed by atoms with E-state index in [2.05, 4.69) is 23.6 Å². The van der Waals surface area contributed by atoms with Crippen molar-refractivity contribution in [1.29, 1.82) is 0 Å². The van der Waals surface area contributed by atoms with Gasteiger partial charge in [-0.3, -0.25) is 9.69 Å². The average molecular weight is 518 g/mol. The summed E-state index contributed by atoms with van der Waals surface area (Å²) in [5.41, 5.74) is 0.614. The van der Waals surface area contributed by atoms with Gasteiger partial charge in [-0.15, -0.1) is 11.3 Å². The summed E-state index contributed by atoms with van der Waals surface area (Å²) in [5, 5.41) is 1.14. The first kappa shape index (κ1) is 25.0. The van der Waals surface area contributed by atoms with Crippen molar-refractivity contribution in [3.63, 3.8) is 0 Å². The molecule has 192 valence electrons. The molecule has 0 unspecified atom stereocenters. The van der Waals surface area contributed by atoms with E-state index in [0.717, 1.165) is 72.9 Å². The van der Waals surface area contributed by atoms with Crippen molar-refractivity contribution in [2.24, 2.45) is 0 Å². The lowest BCUT2D eigenvalue weighted by Gasteiger charge is -2.36. The highest BCUT2D eigenvalue weighted by Crippen LogP contribution is 2.39. The summed E-state index contributed by atoms with van der Waals surface area (Å²) in [6.07, 6.45) is -1.74. The molecule has 0 N–H and O–H groups in total. The largest absolute Gasteiger partial charge is 0.416 e. The van der Waals surface area contributed by atoms with Gasteiger partial charge in [-0.1, -0.05) is 19.9 Å². The minimum Gasteiger partial charge on any atom is -0.352 e. The number of carbonyl (C=O) groups is 1. The molecule has 1 amide bonds. The molecule has 0 aliphatic carbocycles. The second-order valence-electron chi connectivity index (χ2n) is 9.37. The van der Waals surface area contributed by atoms with Crippen LogP contribution in [-0.4, -0.2) is 64.9 Å². The van der Waals surface area contributed by atoms with Gasteiger partial charge in [-0.05, 0) is 43.1 Å². The quantitative estimate of drug-likeness (QED) is 0.477. The van der Waals surface area contributed by atoms with Crippen molar-refractivity contribution in [2.75, 3.05) is 44.2 Å². The molecule has 36 heavy (non-hydrogen) atoms. The number of halogens is 3. The zero-order valence-electron chi connectivity index (χ0n) is 20.6. The van der Waals surface area contributed by atoms with Gasteiger partial charge in [0.2, 0.25) is 0 Å². The first-order chi connectivity index (χ1) is 17.3. The van der Waals surface area contributed by atoms with Gasteiger partial charge in [0.05, 0.1) is 10.9 Å². The van der Waals surface area contributed by atoms with Crippen LogP contribution in [0.2, 0.25) is 0 Å². The zero-order chi connectivity index (χ0) is 25.4. The highest BCUT2D eigenvalue weighted by Gasteiger charge is 2.32. The van der Waals surface area contributed by atoms with Crippen LogP contribution in [-0.2, 0) is 25.6 Å². The highest BCUT2D eigenvalue weighted by molar-refractivity contribution is 7.19. The normalized spacial score (nSPS) is 17.0. The third kappa shape index (κ3) is 4.80. The summed E-state index contributed by atoms with van der Waals surface area (Å²) in [5.74, 6) is 1.42. The monoisotopic (exact) mass is 517 g/mol. The van der Waals surface area contributed by atoms with Gasteiger partial charge in [-0.25, -0.2) is 9.97 Å². The van der Waals surface area contributed by atoms with Crippen molar-refractivity contribution < 1.29 is 18.0 Å². The Labute approximate surface area is 212 Å². The van der Waals surface area contributed by atoms with Crippen molar-refractivity contribution >= 4 is 33.3 Å². The Bertz CT molecular complexity index is 1270. The predicted octanol–water partition coefficient (Wildman–Crippen LogP) is 5.00. The lowest BCUT2D eigenvalue weighted by molar-refractivity contribution is -0.137. The molecule has 2 aliphatic rings. The van der Waals surface area contributed by atoms with Gasteiger partial charge in [0.15, 0.2) is 0 Å². The maximum Gasteiger partial charge on any atom is 0.416 e. The summed E-state index contributed by atoms with van der Waals surface area (Å²) in [7, 11) is 0. The number of nitrogens with zero attached hydrogens (tertiary/aromatic N) is 5. The molecule has 0 spiro atoms. The second-order valence-corrected chi connectivity index (χ2v) is 10.5. The fourth-order valence-electron chi connectivity index (χ4n) is 5.04. The first-order valence-corrected chi connectivity index (χ1v) is 13.3. The Kier molecular flexibility index (Phi) is 6.91. The minimum atomic E-state index is -4.47. The van der Waals surface area contributed by atoms with Crippen molar-refractivity contribution in [2.45, 2.75) is 45.8 Å². The molecule has 0 atom stereocenters. The fourth-order valence-corrected chi connectivity index (χ4v) is 6.31. The van der Waals surface area contributed by atoms with Crippen molar-refractivity contribution in [3.8, 4) is 0 Å². The molecule has 2 aromatic heterocycles. The third-order valence-electron chi connectivity index (χ3n) is 7.03. The Hall–Kier alpha value is -2.72. The third-order valence-corrected chi connectivity index (χ3v) is 8.14. The van der Waals surface area contributed by atoms with E-state index >= 15 is 0 Å².